The second-order valence-corrected chi connectivity index (χ2v) is 5.79. The van der Waals surface area contributed by atoms with Crippen LogP contribution in [0.5, 0.6) is 0 Å². The molecule has 3 heteroatoms. The van der Waals surface area contributed by atoms with Crippen molar-refractivity contribution in [1.82, 2.24) is 5.32 Å². The Hall–Kier alpha value is -1.32. The van der Waals surface area contributed by atoms with E-state index in [0.29, 0.717) is 4.32 Å². The highest BCUT2D eigenvalue weighted by Gasteiger charge is 2.14. The van der Waals surface area contributed by atoms with E-state index in [2.05, 4.69) is 62.1 Å². The lowest BCUT2D eigenvalue weighted by Gasteiger charge is -2.20. The maximum absolute atomic E-state index is 5.08. The number of thiol groups is 1. The molecule has 0 aliphatic heterocycles. The molecular formula is C16H17NS2. The molecule has 0 saturated carbocycles. The molecule has 98 valence electrons. The Morgan fingerprint density at radius 2 is 1.68 bits per heavy atom. The standard InChI is InChI=1S/C16H17NS2/c1-11-8-9-14(10-12(11)2)15(17-16(18)19)13-6-4-3-5-7-13/h3-10,15H,1-2H3,(H2,17,18,19). The van der Waals surface area contributed by atoms with Gasteiger partial charge in [-0.1, -0.05) is 60.7 Å². The van der Waals surface area contributed by atoms with Crippen molar-refractivity contribution in [2.24, 2.45) is 0 Å². The first-order valence-electron chi connectivity index (χ1n) is 6.19. The normalized spacial score (nSPS) is 11.9. The van der Waals surface area contributed by atoms with Crippen molar-refractivity contribution >= 4 is 29.2 Å². The van der Waals surface area contributed by atoms with Crippen LogP contribution >= 0.6 is 24.8 Å². The highest BCUT2D eigenvalue weighted by molar-refractivity contribution is 8.11. The summed E-state index contributed by atoms with van der Waals surface area (Å²) in [5, 5.41) is 3.25. The van der Waals surface area contributed by atoms with Crippen LogP contribution in [0.4, 0.5) is 0 Å². The van der Waals surface area contributed by atoms with Gasteiger partial charge in [-0.2, -0.15) is 0 Å². The van der Waals surface area contributed by atoms with E-state index in [1.165, 1.54) is 22.3 Å². The lowest BCUT2D eigenvalue weighted by molar-refractivity contribution is 0.775. The van der Waals surface area contributed by atoms with Crippen LogP contribution in [0.3, 0.4) is 0 Å². The Morgan fingerprint density at radius 3 is 2.26 bits per heavy atom. The average Bonchev–Trinajstić information content (AvgIpc) is 2.40. The Balaban J connectivity index is 2.42. The van der Waals surface area contributed by atoms with E-state index in [-0.39, 0.29) is 6.04 Å². The topological polar surface area (TPSA) is 12.0 Å². The Bertz CT molecular complexity index is 579. The van der Waals surface area contributed by atoms with Crippen LogP contribution in [-0.4, -0.2) is 4.32 Å². The van der Waals surface area contributed by atoms with Crippen LogP contribution < -0.4 is 5.32 Å². The van der Waals surface area contributed by atoms with E-state index in [4.69, 9.17) is 12.2 Å². The second-order valence-electron chi connectivity index (χ2n) is 4.64. The Labute approximate surface area is 125 Å². The molecule has 2 rings (SSSR count). The molecule has 19 heavy (non-hydrogen) atoms. The second kappa shape index (κ2) is 6.22. The zero-order chi connectivity index (χ0) is 13.8. The fourth-order valence-electron chi connectivity index (χ4n) is 2.07. The van der Waals surface area contributed by atoms with Gasteiger partial charge in [-0.25, -0.2) is 0 Å². The van der Waals surface area contributed by atoms with E-state index in [9.17, 15) is 0 Å². The first kappa shape index (κ1) is 14.1. The van der Waals surface area contributed by atoms with E-state index >= 15 is 0 Å². The van der Waals surface area contributed by atoms with E-state index in [1.54, 1.807) is 0 Å². The molecule has 1 N–H and O–H groups in total. The highest BCUT2D eigenvalue weighted by atomic mass is 32.1. The smallest absolute Gasteiger partial charge is 0.131 e. The molecule has 1 atom stereocenters. The van der Waals surface area contributed by atoms with E-state index in [1.807, 2.05) is 18.2 Å². The summed E-state index contributed by atoms with van der Waals surface area (Å²) in [5.41, 5.74) is 4.96. The van der Waals surface area contributed by atoms with Gasteiger partial charge >= 0.3 is 0 Å². The zero-order valence-corrected chi connectivity index (χ0v) is 12.8. The molecule has 0 bridgehead atoms. The van der Waals surface area contributed by atoms with Gasteiger partial charge in [-0.05, 0) is 36.1 Å². The van der Waals surface area contributed by atoms with Crippen molar-refractivity contribution in [3.05, 3.63) is 70.8 Å². The molecule has 0 fully saturated rings. The molecule has 0 spiro atoms. The summed E-state index contributed by atoms with van der Waals surface area (Å²) < 4.78 is 0.507. The molecular weight excluding hydrogens is 270 g/mol. The molecule has 0 aromatic heterocycles. The molecule has 0 radical (unpaired) electrons. The lowest BCUT2D eigenvalue weighted by Crippen LogP contribution is -2.24. The summed E-state index contributed by atoms with van der Waals surface area (Å²) in [6, 6.07) is 16.8. The average molecular weight is 287 g/mol. The lowest BCUT2D eigenvalue weighted by atomic mass is 9.96. The largest absolute Gasteiger partial charge is 0.360 e. The van der Waals surface area contributed by atoms with Gasteiger partial charge in [0.1, 0.15) is 4.32 Å². The van der Waals surface area contributed by atoms with Gasteiger partial charge in [0.2, 0.25) is 0 Å². The summed E-state index contributed by atoms with van der Waals surface area (Å²) in [5.74, 6) is 0. The monoisotopic (exact) mass is 287 g/mol. The summed E-state index contributed by atoms with van der Waals surface area (Å²) >= 11 is 9.29. The SMILES string of the molecule is Cc1ccc(C(NC(=S)S)c2ccccc2)cc1C. The third kappa shape index (κ3) is 3.58. The number of hydrogen-bond acceptors (Lipinski definition) is 1. The van der Waals surface area contributed by atoms with Gasteiger partial charge in [-0.3, -0.25) is 0 Å². The molecule has 0 aliphatic rings. The predicted molar refractivity (Wildman–Crippen MR) is 88.9 cm³/mol. The molecule has 0 heterocycles. The molecule has 0 aliphatic carbocycles. The maximum atomic E-state index is 5.08. The minimum absolute atomic E-state index is 0.0468. The zero-order valence-electron chi connectivity index (χ0n) is 11.1. The number of thiocarbonyl (C=S) groups is 1. The summed E-state index contributed by atoms with van der Waals surface area (Å²) in [6.07, 6.45) is 0. The van der Waals surface area contributed by atoms with E-state index in [0.717, 1.165) is 0 Å². The number of benzene rings is 2. The van der Waals surface area contributed by atoms with Gasteiger partial charge in [0.25, 0.3) is 0 Å². The summed E-state index contributed by atoms with van der Waals surface area (Å²) in [6.45, 7) is 4.24. The van der Waals surface area contributed by atoms with Crippen LogP contribution in [0.1, 0.15) is 28.3 Å². The van der Waals surface area contributed by atoms with E-state index < -0.39 is 0 Å². The number of aryl methyl sites for hydroxylation is 2. The third-order valence-electron chi connectivity index (χ3n) is 3.27. The molecule has 1 unspecified atom stereocenters. The summed E-state index contributed by atoms with van der Waals surface area (Å²) in [7, 11) is 0. The third-order valence-corrected chi connectivity index (χ3v) is 3.51. The molecule has 0 saturated heterocycles. The van der Waals surface area contributed by atoms with Gasteiger partial charge < -0.3 is 5.32 Å². The molecule has 2 aromatic rings. The summed E-state index contributed by atoms with van der Waals surface area (Å²) in [4.78, 5) is 0. The molecule has 2 aromatic carbocycles. The minimum atomic E-state index is 0.0468. The number of nitrogens with one attached hydrogen (secondary N) is 1. The van der Waals surface area contributed by atoms with Crippen LogP contribution in [-0.2, 0) is 0 Å². The minimum Gasteiger partial charge on any atom is -0.360 e. The van der Waals surface area contributed by atoms with Crippen molar-refractivity contribution < 1.29 is 0 Å². The quantitative estimate of drug-likeness (QED) is 0.648. The van der Waals surface area contributed by atoms with Crippen LogP contribution in [0.25, 0.3) is 0 Å². The molecule has 0 amide bonds. The maximum Gasteiger partial charge on any atom is 0.131 e. The first-order chi connectivity index (χ1) is 9.08. The van der Waals surface area contributed by atoms with Crippen molar-refractivity contribution in [3.8, 4) is 0 Å². The van der Waals surface area contributed by atoms with Gasteiger partial charge in [0.15, 0.2) is 0 Å². The highest BCUT2D eigenvalue weighted by Crippen LogP contribution is 2.24. The molecule has 1 nitrogen and oxygen atoms in total. The fourth-order valence-corrected chi connectivity index (χ4v) is 2.32. The van der Waals surface area contributed by atoms with Crippen molar-refractivity contribution in [2.75, 3.05) is 0 Å². The number of rotatable bonds is 3. The van der Waals surface area contributed by atoms with Gasteiger partial charge in [-0.15, -0.1) is 12.6 Å². The van der Waals surface area contributed by atoms with Crippen molar-refractivity contribution in [2.45, 2.75) is 19.9 Å². The first-order valence-corrected chi connectivity index (χ1v) is 7.05. The van der Waals surface area contributed by atoms with Gasteiger partial charge in [0.05, 0.1) is 6.04 Å². The number of hydrogen-bond donors (Lipinski definition) is 2. The Kier molecular flexibility index (Phi) is 4.61. The Morgan fingerprint density at radius 1 is 1.00 bits per heavy atom. The van der Waals surface area contributed by atoms with Crippen LogP contribution in [0.15, 0.2) is 48.5 Å². The van der Waals surface area contributed by atoms with Crippen molar-refractivity contribution in [1.29, 1.82) is 0 Å². The predicted octanol–water partition coefficient (Wildman–Crippen LogP) is 4.20. The van der Waals surface area contributed by atoms with Crippen molar-refractivity contribution in [3.63, 3.8) is 0 Å². The van der Waals surface area contributed by atoms with Crippen LogP contribution in [0.2, 0.25) is 0 Å². The van der Waals surface area contributed by atoms with Crippen LogP contribution in [0, 0.1) is 13.8 Å². The van der Waals surface area contributed by atoms with Gasteiger partial charge in [0, 0.05) is 0 Å². The fraction of sp³-hybridized carbons (Fsp3) is 0.188.